The van der Waals surface area contributed by atoms with Gasteiger partial charge in [-0.2, -0.15) is 0 Å². The molecule has 1 aromatic rings. The van der Waals surface area contributed by atoms with Crippen molar-refractivity contribution < 1.29 is 9.90 Å². The summed E-state index contributed by atoms with van der Waals surface area (Å²) in [6.45, 7) is 2.10. The van der Waals surface area contributed by atoms with Gasteiger partial charge in [-0.3, -0.25) is 4.79 Å². The van der Waals surface area contributed by atoms with Crippen LogP contribution in [0.25, 0.3) is 0 Å². The molecule has 1 aromatic carbocycles. The van der Waals surface area contributed by atoms with Crippen molar-refractivity contribution >= 4 is 34.2 Å². The van der Waals surface area contributed by atoms with Gasteiger partial charge in [-0.05, 0) is 72.9 Å². The molecule has 2 rings (SSSR count). The van der Waals surface area contributed by atoms with Gasteiger partial charge in [0.25, 0.3) is 0 Å². The molecule has 0 atom stereocenters. The number of aryl methyl sites for hydroxylation is 1. The van der Waals surface area contributed by atoms with Crippen LogP contribution in [-0.2, 0) is 4.79 Å². The van der Waals surface area contributed by atoms with E-state index >= 15 is 0 Å². The zero-order valence-electron chi connectivity index (χ0n) is 10.4. The molecule has 98 valence electrons. The van der Waals surface area contributed by atoms with Gasteiger partial charge < -0.3 is 10.4 Å². The Morgan fingerprint density at radius 3 is 2.61 bits per heavy atom. The van der Waals surface area contributed by atoms with E-state index in [1.807, 2.05) is 0 Å². The molecular weight excluding hydrogens is 341 g/mol. The largest absolute Gasteiger partial charge is 0.481 e. The molecule has 0 bridgehead atoms. The molecule has 0 aromatic heterocycles. The summed E-state index contributed by atoms with van der Waals surface area (Å²) in [5.41, 5.74) is 2.43. The molecule has 1 fully saturated rings. The number of rotatable bonds is 3. The number of benzene rings is 1. The van der Waals surface area contributed by atoms with Crippen molar-refractivity contribution in [3.63, 3.8) is 0 Å². The summed E-state index contributed by atoms with van der Waals surface area (Å²) in [6.07, 6.45) is 3.47. The van der Waals surface area contributed by atoms with Crippen molar-refractivity contribution in [3.8, 4) is 0 Å². The molecule has 0 saturated heterocycles. The molecule has 4 heteroatoms. The van der Waals surface area contributed by atoms with E-state index in [9.17, 15) is 4.79 Å². The lowest BCUT2D eigenvalue weighted by Gasteiger charge is -2.28. The number of anilines is 1. The van der Waals surface area contributed by atoms with E-state index in [1.54, 1.807) is 0 Å². The molecule has 0 heterocycles. The highest BCUT2D eigenvalue weighted by Crippen LogP contribution is 2.28. The fourth-order valence-electron chi connectivity index (χ4n) is 2.45. The normalized spacial score (nSPS) is 23.7. The van der Waals surface area contributed by atoms with Crippen LogP contribution in [-0.4, -0.2) is 17.1 Å². The lowest BCUT2D eigenvalue weighted by molar-refractivity contribution is -0.142. The highest BCUT2D eigenvalue weighted by Gasteiger charge is 2.25. The van der Waals surface area contributed by atoms with Crippen LogP contribution in [0.5, 0.6) is 0 Å². The molecular formula is C14H18INO2. The highest BCUT2D eigenvalue weighted by atomic mass is 127. The van der Waals surface area contributed by atoms with Crippen LogP contribution in [0.1, 0.15) is 31.2 Å². The Hall–Kier alpha value is -0.780. The minimum Gasteiger partial charge on any atom is -0.481 e. The van der Waals surface area contributed by atoms with E-state index in [1.165, 1.54) is 14.8 Å². The number of halogens is 1. The number of aliphatic carboxylic acids is 1. The smallest absolute Gasteiger partial charge is 0.306 e. The first-order valence-electron chi connectivity index (χ1n) is 6.32. The summed E-state index contributed by atoms with van der Waals surface area (Å²) >= 11 is 2.31. The van der Waals surface area contributed by atoms with Gasteiger partial charge in [0.05, 0.1) is 5.92 Å². The van der Waals surface area contributed by atoms with E-state index in [0.717, 1.165) is 25.7 Å². The third kappa shape index (κ3) is 3.37. The van der Waals surface area contributed by atoms with Gasteiger partial charge in [0.15, 0.2) is 0 Å². The monoisotopic (exact) mass is 359 g/mol. The maximum atomic E-state index is 10.9. The molecule has 0 amide bonds. The van der Waals surface area contributed by atoms with Crippen molar-refractivity contribution in [1.29, 1.82) is 0 Å². The minimum atomic E-state index is -0.640. The molecule has 3 nitrogen and oxygen atoms in total. The third-order valence-corrected chi connectivity index (χ3v) is 4.31. The van der Waals surface area contributed by atoms with Gasteiger partial charge >= 0.3 is 5.97 Å². The van der Waals surface area contributed by atoms with Crippen LogP contribution in [0.15, 0.2) is 18.2 Å². The van der Waals surface area contributed by atoms with Crippen LogP contribution >= 0.6 is 22.6 Å². The van der Waals surface area contributed by atoms with Crippen molar-refractivity contribution in [2.75, 3.05) is 5.32 Å². The Bertz CT molecular complexity index is 439. The molecule has 0 radical (unpaired) electrons. The Morgan fingerprint density at radius 1 is 1.33 bits per heavy atom. The molecule has 0 unspecified atom stereocenters. The van der Waals surface area contributed by atoms with Crippen molar-refractivity contribution in [2.45, 2.75) is 38.6 Å². The van der Waals surface area contributed by atoms with Gasteiger partial charge in [0, 0.05) is 15.3 Å². The van der Waals surface area contributed by atoms with Gasteiger partial charge in [-0.15, -0.1) is 0 Å². The highest BCUT2D eigenvalue weighted by molar-refractivity contribution is 14.1. The molecule has 0 spiro atoms. The Kier molecular flexibility index (Phi) is 4.48. The second-order valence-electron chi connectivity index (χ2n) is 4.99. The van der Waals surface area contributed by atoms with Crippen molar-refractivity contribution in [1.82, 2.24) is 0 Å². The van der Waals surface area contributed by atoms with E-state index in [4.69, 9.17) is 5.11 Å². The molecule has 2 N–H and O–H groups in total. The number of hydrogen-bond acceptors (Lipinski definition) is 2. The van der Waals surface area contributed by atoms with Crippen molar-refractivity contribution in [2.24, 2.45) is 5.92 Å². The number of carbonyl (C=O) groups is 1. The SMILES string of the molecule is Cc1ccc(I)cc1NC1CCC(C(=O)O)CC1. The molecule has 1 aliphatic rings. The lowest BCUT2D eigenvalue weighted by Crippen LogP contribution is -2.29. The summed E-state index contributed by atoms with van der Waals surface area (Å²) < 4.78 is 1.22. The first-order valence-corrected chi connectivity index (χ1v) is 7.39. The maximum Gasteiger partial charge on any atom is 0.306 e. The second kappa shape index (κ2) is 5.91. The topological polar surface area (TPSA) is 49.3 Å². The standard InChI is InChI=1S/C14H18INO2/c1-9-2-5-11(15)8-13(9)16-12-6-3-10(4-7-12)14(17)18/h2,5,8,10,12,16H,3-4,6-7H2,1H3,(H,17,18). The number of hydrogen-bond donors (Lipinski definition) is 2. The van der Waals surface area contributed by atoms with Crippen LogP contribution in [0.4, 0.5) is 5.69 Å². The maximum absolute atomic E-state index is 10.9. The van der Waals surface area contributed by atoms with Gasteiger partial charge in [0.1, 0.15) is 0 Å². The fraction of sp³-hybridized carbons (Fsp3) is 0.500. The molecule has 18 heavy (non-hydrogen) atoms. The summed E-state index contributed by atoms with van der Waals surface area (Å²) in [4.78, 5) is 10.9. The molecule has 1 aliphatic carbocycles. The van der Waals surface area contributed by atoms with Crippen LogP contribution in [0, 0.1) is 16.4 Å². The summed E-state index contributed by atoms with van der Waals surface area (Å²) in [6, 6.07) is 6.78. The van der Waals surface area contributed by atoms with E-state index in [2.05, 4.69) is 53.0 Å². The first-order chi connectivity index (χ1) is 8.56. The Balaban J connectivity index is 1.95. The van der Waals surface area contributed by atoms with Crippen LogP contribution in [0.2, 0.25) is 0 Å². The lowest BCUT2D eigenvalue weighted by atomic mass is 9.86. The predicted molar refractivity (Wildman–Crippen MR) is 80.9 cm³/mol. The fourth-order valence-corrected chi connectivity index (χ4v) is 2.95. The number of nitrogens with one attached hydrogen (secondary N) is 1. The third-order valence-electron chi connectivity index (χ3n) is 3.64. The number of carboxylic acids is 1. The average Bonchev–Trinajstić information content (AvgIpc) is 2.34. The molecule has 1 saturated carbocycles. The Morgan fingerprint density at radius 2 is 2.00 bits per heavy atom. The summed E-state index contributed by atoms with van der Waals surface area (Å²) in [7, 11) is 0. The molecule has 0 aliphatic heterocycles. The van der Waals surface area contributed by atoms with E-state index in [-0.39, 0.29) is 5.92 Å². The minimum absolute atomic E-state index is 0.139. The van der Waals surface area contributed by atoms with Gasteiger partial charge in [-0.25, -0.2) is 0 Å². The zero-order chi connectivity index (χ0) is 13.1. The van der Waals surface area contributed by atoms with Crippen LogP contribution in [0.3, 0.4) is 0 Å². The number of carboxylic acid groups (broad SMARTS) is 1. The van der Waals surface area contributed by atoms with E-state index in [0.29, 0.717) is 6.04 Å². The first kappa shape index (κ1) is 13.6. The van der Waals surface area contributed by atoms with E-state index < -0.39 is 5.97 Å². The summed E-state index contributed by atoms with van der Waals surface area (Å²) in [5, 5.41) is 12.5. The predicted octanol–water partition coefficient (Wildman–Crippen LogP) is 3.65. The Labute approximate surface area is 121 Å². The average molecular weight is 359 g/mol. The zero-order valence-corrected chi connectivity index (χ0v) is 12.6. The van der Waals surface area contributed by atoms with Gasteiger partial charge in [-0.1, -0.05) is 6.07 Å². The van der Waals surface area contributed by atoms with Crippen LogP contribution < -0.4 is 5.32 Å². The second-order valence-corrected chi connectivity index (χ2v) is 6.24. The van der Waals surface area contributed by atoms with Crippen molar-refractivity contribution in [3.05, 3.63) is 27.3 Å². The summed E-state index contributed by atoms with van der Waals surface area (Å²) in [5.74, 6) is -0.779. The quantitative estimate of drug-likeness (QED) is 0.810. The van der Waals surface area contributed by atoms with Gasteiger partial charge in [0.2, 0.25) is 0 Å².